The SMILES string of the molecule is CC[C@H]1C(=O)CC2C3CCC4[C@@H](O)[C@H](O)[C@H](O)C[C@]4(C)C3CC[C@@]21C. The fraction of sp³-hybridized carbons (Fsp3) is 0.952. The number of hydrogen-bond donors (Lipinski definition) is 3. The second kappa shape index (κ2) is 5.77. The highest BCUT2D eigenvalue weighted by Gasteiger charge is 2.63. The Balaban J connectivity index is 1.66. The van der Waals surface area contributed by atoms with E-state index in [1.807, 2.05) is 0 Å². The minimum absolute atomic E-state index is 0.0654. The molecular weight excluding hydrogens is 316 g/mol. The van der Waals surface area contributed by atoms with Crippen molar-refractivity contribution >= 4 is 5.78 Å². The summed E-state index contributed by atoms with van der Waals surface area (Å²) < 4.78 is 0. The predicted molar refractivity (Wildman–Crippen MR) is 94.7 cm³/mol. The summed E-state index contributed by atoms with van der Waals surface area (Å²) >= 11 is 0. The minimum atomic E-state index is -1.01. The van der Waals surface area contributed by atoms with Crippen LogP contribution in [0.15, 0.2) is 0 Å². The largest absolute Gasteiger partial charge is 0.390 e. The third-order valence-corrected chi connectivity index (χ3v) is 9.20. The van der Waals surface area contributed by atoms with Crippen molar-refractivity contribution in [3.05, 3.63) is 0 Å². The molecule has 0 aromatic heterocycles. The Labute approximate surface area is 151 Å². The van der Waals surface area contributed by atoms with E-state index in [1.165, 1.54) is 0 Å². The number of ketones is 1. The van der Waals surface area contributed by atoms with E-state index in [9.17, 15) is 20.1 Å². The van der Waals surface area contributed by atoms with Gasteiger partial charge in [0, 0.05) is 12.3 Å². The van der Waals surface area contributed by atoms with Crippen molar-refractivity contribution in [2.24, 2.45) is 40.4 Å². The summed E-state index contributed by atoms with van der Waals surface area (Å²) in [6.07, 6.45) is 3.71. The molecule has 0 aromatic rings. The topological polar surface area (TPSA) is 77.8 Å². The molecule has 4 heteroatoms. The molecule has 0 saturated heterocycles. The Morgan fingerprint density at radius 1 is 0.960 bits per heavy atom. The molecule has 0 heterocycles. The standard InChI is InChI=1S/C21H34O4/c1-4-12-16(22)9-15-11-5-6-14-18(24)19(25)17(23)10-21(14,3)13(11)7-8-20(12,15)2/h11-15,17-19,23-25H,4-10H2,1-3H3/t11?,12-,13?,14?,15?,17+,18+,19+,20+,21+/m0/s1. The van der Waals surface area contributed by atoms with Crippen LogP contribution in [-0.4, -0.2) is 39.4 Å². The van der Waals surface area contributed by atoms with Crippen LogP contribution in [0, 0.1) is 40.4 Å². The lowest BCUT2D eigenvalue weighted by atomic mass is 9.44. The van der Waals surface area contributed by atoms with E-state index in [1.54, 1.807) is 0 Å². The summed E-state index contributed by atoms with van der Waals surface area (Å²) in [5, 5.41) is 31.1. The molecule has 142 valence electrons. The zero-order valence-electron chi connectivity index (χ0n) is 15.8. The maximum absolute atomic E-state index is 12.6. The van der Waals surface area contributed by atoms with Gasteiger partial charge in [0.15, 0.2) is 0 Å². The Hall–Kier alpha value is -0.450. The Kier molecular flexibility index (Phi) is 4.14. The monoisotopic (exact) mass is 350 g/mol. The number of rotatable bonds is 1. The second-order valence-electron chi connectivity index (χ2n) is 9.99. The van der Waals surface area contributed by atoms with Crippen LogP contribution in [0.5, 0.6) is 0 Å². The Morgan fingerprint density at radius 2 is 1.68 bits per heavy atom. The number of carbonyl (C=O) groups excluding carboxylic acids is 1. The smallest absolute Gasteiger partial charge is 0.136 e. The average molecular weight is 350 g/mol. The molecule has 4 saturated carbocycles. The first-order valence-electron chi connectivity index (χ1n) is 10.3. The lowest BCUT2D eigenvalue weighted by Gasteiger charge is -2.62. The summed E-state index contributed by atoms with van der Waals surface area (Å²) in [6, 6.07) is 0. The molecule has 0 amide bonds. The van der Waals surface area contributed by atoms with Crippen LogP contribution in [-0.2, 0) is 4.79 Å². The first kappa shape index (κ1) is 17.9. The molecule has 0 aliphatic heterocycles. The maximum atomic E-state index is 12.6. The van der Waals surface area contributed by atoms with E-state index >= 15 is 0 Å². The van der Waals surface area contributed by atoms with E-state index in [0.29, 0.717) is 30.0 Å². The van der Waals surface area contributed by atoms with Crippen molar-refractivity contribution in [2.75, 3.05) is 0 Å². The summed E-state index contributed by atoms with van der Waals surface area (Å²) in [4.78, 5) is 12.6. The molecule has 0 radical (unpaired) electrons. The van der Waals surface area contributed by atoms with Crippen LogP contribution in [0.1, 0.15) is 65.7 Å². The van der Waals surface area contributed by atoms with Crippen molar-refractivity contribution in [3.8, 4) is 0 Å². The van der Waals surface area contributed by atoms with Gasteiger partial charge in [0.1, 0.15) is 11.9 Å². The fourth-order valence-corrected chi connectivity index (χ4v) is 7.97. The zero-order chi connectivity index (χ0) is 18.1. The summed E-state index contributed by atoms with van der Waals surface area (Å²) in [5.41, 5.74) is 0.0112. The summed E-state index contributed by atoms with van der Waals surface area (Å²) in [5.74, 6) is 2.17. The van der Waals surface area contributed by atoms with E-state index in [-0.39, 0.29) is 22.7 Å². The minimum Gasteiger partial charge on any atom is -0.390 e. The molecular formula is C21H34O4. The molecule has 4 unspecified atom stereocenters. The molecule has 10 atom stereocenters. The van der Waals surface area contributed by atoms with Gasteiger partial charge in [0.2, 0.25) is 0 Å². The van der Waals surface area contributed by atoms with Gasteiger partial charge in [-0.15, -0.1) is 0 Å². The molecule has 25 heavy (non-hydrogen) atoms. The van der Waals surface area contributed by atoms with Gasteiger partial charge in [-0.2, -0.15) is 0 Å². The van der Waals surface area contributed by atoms with E-state index < -0.39 is 18.3 Å². The van der Waals surface area contributed by atoms with Crippen molar-refractivity contribution < 1.29 is 20.1 Å². The van der Waals surface area contributed by atoms with Gasteiger partial charge < -0.3 is 15.3 Å². The summed E-state index contributed by atoms with van der Waals surface area (Å²) in [7, 11) is 0. The van der Waals surface area contributed by atoms with Gasteiger partial charge in [0.05, 0.1) is 12.2 Å². The molecule has 4 fully saturated rings. The number of fused-ring (bicyclic) bond motifs is 5. The second-order valence-corrected chi connectivity index (χ2v) is 9.99. The quantitative estimate of drug-likeness (QED) is 0.679. The molecule has 0 spiro atoms. The summed E-state index contributed by atoms with van der Waals surface area (Å²) in [6.45, 7) is 6.72. The zero-order valence-corrected chi connectivity index (χ0v) is 15.8. The van der Waals surface area contributed by atoms with Crippen LogP contribution in [0.25, 0.3) is 0 Å². The van der Waals surface area contributed by atoms with Gasteiger partial charge in [-0.1, -0.05) is 20.8 Å². The van der Waals surface area contributed by atoms with E-state index in [0.717, 1.165) is 38.5 Å². The van der Waals surface area contributed by atoms with Crippen molar-refractivity contribution in [3.63, 3.8) is 0 Å². The number of Topliss-reactive ketones (excluding diaryl/α,β-unsaturated/α-hetero) is 1. The third kappa shape index (κ3) is 2.26. The number of carbonyl (C=O) groups is 1. The van der Waals surface area contributed by atoms with Crippen LogP contribution in [0.2, 0.25) is 0 Å². The number of aliphatic hydroxyl groups is 3. The molecule has 4 aliphatic rings. The van der Waals surface area contributed by atoms with Crippen molar-refractivity contribution in [1.29, 1.82) is 0 Å². The van der Waals surface area contributed by atoms with E-state index in [4.69, 9.17) is 0 Å². The lowest BCUT2D eigenvalue weighted by Crippen LogP contribution is -2.61. The van der Waals surface area contributed by atoms with Crippen LogP contribution in [0.4, 0.5) is 0 Å². The van der Waals surface area contributed by atoms with E-state index in [2.05, 4.69) is 20.8 Å². The molecule has 0 aromatic carbocycles. The fourth-order valence-electron chi connectivity index (χ4n) is 7.97. The lowest BCUT2D eigenvalue weighted by molar-refractivity contribution is -0.207. The van der Waals surface area contributed by atoms with Crippen LogP contribution < -0.4 is 0 Å². The molecule has 0 bridgehead atoms. The number of aliphatic hydroxyl groups excluding tert-OH is 3. The van der Waals surface area contributed by atoms with Crippen LogP contribution >= 0.6 is 0 Å². The molecule has 4 aliphatic carbocycles. The third-order valence-electron chi connectivity index (χ3n) is 9.20. The van der Waals surface area contributed by atoms with Gasteiger partial charge in [0.25, 0.3) is 0 Å². The molecule has 3 N–H and O–H groups in total. The normalized spacial score (nSPS) is 58.4. The predicted octanol–water partition coefficient (Wildman–Crippen LogP) is 2.54. The Bertz CT molecular complexity index is 562. The number of hydrogen-bond acceptors (Lipinski definition) is 4. The van der Waals surface area contributed by atoms with Gasteiger partial charge in [-0.3, -0.25) is 4.79 Å². The first-order chi connectivity index (χ1) is 11.7. The van der Waals surface area contributed by atoms with Gasteiger partial charge >= 0.3 is 0 Å². The Morgan fingerprint density at radius 3 is 2.36 bits per heavy atom. The maximum Gasteiger partial charge on any atom is 0.136 e. The molecule has 4 nitrogen and oxygen atoms in total. The van der Waals surface area contributed by atoms with Crippen molar-refractivity contribution in [2.45, 2.75) is 84.0 Å². The average Bonchev–Trinajstić information content (AvgIpc) is 2.82. The van der Waals surface area contributed by atoms with Gasteiger partial charge in [-0.25, -0.2) is 0 Å². The highest BCUT2D eigenvalue weighted by molar-refractivity contribution is 5.84. The highest BCUT2D eigenvalue weighted by Crippen LogP contribution is 2.67. The van der Waals surface area contributed by atoms with Crippen molar-refractivity contribution in [1.82, 2.24) is 0 Å². The van der Waals surface area contributed by atoms with Crippen LogP contribution in [0.3, 0.4) is 0 Å². The first-order valence-corrected chi connectivity index (χ1v) is 10.3. The highest BCUT2D eigenvalue weighted by atomic mass is 16.4. The van der Waals surface area contributed by atoms with Gasteiger partial charge in [-0.05, 0) is 73.0 Å². The molecule has 4 rings (SSSR count).